The van der Waals surface area contributed by atoms with Crippen molar-refractivity contribution in [2.24, 2.45) is 0 Å². The van der Waals surface area contributed by atoms with E-state index in [1.54, 1.807) is 13.4 Å². The minimum Gasteiger partial charge on any atom is -0.495 e. The lowest BCUT2D eigenvalue weighted by atomic mass is 10.2. The van der Waals surface area contributed by atoms with Gasteiger partial charge in [-0.3, -0.25) is 0 Å². The topological polar surface area (TPSA) is 37.6 Å². The molecule has 0 amide bonds. The molecule has 0 aliphatic heterocycles. The number of hydrogen-bond donors (Lipinski definition) is 1. The molecule has 2 aromatic carbocycles. The molecule has 3 rings (SSSR count). The third-order valence-electron chi connectivity index (χ3n) is 4.10. The van der Waals surface area contributed by atoms with Crippen molar-refractivity contribution in [2.45, 2.75) is 20.0 Å². The van der Waals surface area contributed by atoms with Crippen molar-refractivity contribution in [1.29, 1.82) is 0 Å². The zero-order valence-electron chi connectivity index (χ0n) is 15.2. The molecule has 0 atom stereocenters. The van der Waals surface area contributed by atoms with E-state index in [4.69, 9.17) is 21.4 Å². The van der Waals surface area contributed by atoms with Gasteiger partial charge in [0.2, 0.25) is 0 Å². The Balaban J connectivity index is 1.80. The molecule has 6 heteroatoms. The molecule has 0 bridgehead atoms. The summed E-state index contributed by atoms with van der Waals surface area (Å²) < 4.78 is 12.1. The summed E-state index contributed by atoms with van der Waals surface area (Å²) in [6.45, 7) is 3.26. The fourth-order valence-electron chi connectivity index (χ4n) is 2.70. The minimum atomic E-state index is 0.572. The normalized spacial score (nSPS) is 10.5. The van der Waals surface area contributed by atoms with Crippen molar-refractivity contribution >= 4 is 38.9 Å². The van der Waals surface area contributed by atoms with Gasteiger partial charge in [-0.1, -0.05) is 34.1 Å². The van der Waals surface area contributed by atoms with Gasteiger partial charge in [0, 0.05) is 11.0 Å². The molecule has 0 aliphatic rings. The van der Waals surface area contributed by atoms with E-state index in [-0.39, 0.29) is 0 Å². The molecule has 0 saturated heterocycles. The number of anilines is 1. The van der Waals surface area contributed by atoms with E-state index >= 15 is 0 Å². The van der Waals surface area contributed by atoms with Crippen LogP contribution in [-0.2, 0) is 13.1 Å². The number of benzene rings is 2. The number of nitrogens with one attached hydrogen (secondary N) is 1. The summed E-state index contributed by atoms with van der Waals surface area (Å²) in [5, 5.41) is 3.92. The van der Waals surface area contributed by atoms with Crippen LogP contribution in [0.15, 0.2) is 69.8 Å². The number of rotatable bonds is 6. The molecule has 27 heavy (non-hydrogen) atoms. The molecule has 4 nitrogen and oxygen atoms in total. The Hall–Kier alpha value is -2.31. The standard InChI is InChI=1S/C21H21BrN2O2S/c1-15-5-10-19(20(12-15)25-2)23-21(27)24(14-18-4-3-11-26-18)13-16-6-8-17(22)9-7-16/h3-12H,13-14H2,1-2H3,(H,23,27). The van der Waals surface area contributed by atoms with Crippen LogP contribution in [0.4, 0.5) is 5.69 Å². The first-order chi connectivity index (χ1) is 13.0. The van der Waals surface area contributed by atoms with E-state index < -0.39 is 0 Å². The molecule has 0 saturated carbocycles. The average Bonchev–Trinajstić information content (AvgIpc) is 3.17. The predicted octanol–water partition coefficient (Wildman–Crippen LogP) is 5.76. The lowest BCUT2D eigenvalue weighted by molar-refractivity contribution is 0.360. The smallest absolute Gasteiger partial charge is 0.174 e. The van der Waals surface area contributed by atoms with Gasteiger partial charge in [-0.2, -0.15) is 0 Å². The van der Waals surface area contributed by atoms with E-state index in [0.717, 1.165) is 32.8 Å². The maximum absolute atomic E-state index is 5.70. The maximum Gasteiger partial charge on any atom is 0.174 e. The first-order valence-electron chi connectivity index (χ1n) is 8.52. The lowest BCUT2D eigenvalue weighted by Gasteiger charge is -2.26. The van der Waals surface area contributed by atoms with Crippen LogP contribution in [0.2, 0.25) is 0 Å². The van der Waals surface area contributed by atoms with Gasteiger partial charge in [-0.25, -0.2) is 0 Å². The molecule has 1 heterocycles. The van der Waals surface area contributed by atoms with Crippen molar-refractivity contribution in [3.63, 3.8) is 0 Å². The van der Waals surface area contributed by atoms with Crippen LogP contribution in [0.3, 0.4) is 0 Å². The van der Waals surface area contributed by atoms with Crippen LogP contribution >= 0.6 is 28.1 Å². The zero-order chi connectivity index (χ0) is 19.2. The largest absolute Gasteiger partial charge is 0.495 e. The third kappa shape index (κ3) is 5.34. The molecule has 3 aromatic rings. The second-order valence-corrected chi connectivity index (χ2v) is 7.50. The molecule has 0 radical (unpaired) electrons. The summed E-state index contributed by atoms with van der Waals surface area (Å²) in [7, 11) is 1.66. The Morgan fingerprint density at radius 1 is 1.15 bits per heavy atom. The van der Waals surface area contributed by atoms with Crippen molar-refractivity contribution in [2.75, 3.05) is 12.4 Å². The van der Waals surface area contributed by atoms with Crippen molar-refractivity contribution in [3.05, 3.63) is 82.2 Å². The van der Waals surface area contributed by atoms with Crippen LogP contribution < -0.4 is 10.1 Å². The van der Waals surface area contributed by atoms with Gasteiger partial charge in [-0.05, 0) is 66.7 Å². The summed E-state index contributed by atoms with van der Waals surface area (Å²) in [4.78, 5) is 2.07. The van der Waals surface area contributed by atoms with Crippen LogP contribution in [-0.4, -0.2) is 17.1 Å². The van der Waals surface area contributed by atoms with Gasteiger partial charge in [-0.15, -0.1) is 0 Å². The molecule has 1 aromatic heterocycles. The van der Waals surface area contributed by atoms with E-state index in [0.29, 0.717) is 18.2 Å². The Morgan fingerprint density at radius 2 is 1.93 bits per heavy atom. The first-order valence-corrected chi connectivity index (χ1v) is 9.72. The van der Waals surface area contributed by atoms with Crippen molar-refractivity contribution in [1.82, 2.24) is 4.90 Å². The predicted molar refractivity (Wildman–Crippen MR) is 116 cm³/mol. The summed E-state index contributed by atoms with van der Waals surface area (Å²) in [6, 6.07) is 18.0. The molecule has 0 unspecified atom stereocenters. The van der Waals surface area contributed by atoms with Crippen LogP contribution in [0, 0.1) is 6.92 Å². The first kappa shape index (κ1) is 19.5. The molecule has 0 fully saturated rings. The van der Waals surface area contributed by atoms with E-state index in [1.165, 1.54) is 0 Å². The number of furan rings is 1. The highest BCUT2D eigenvalue weighted by molar-refractivity contribution is 9.10. The summed E-state index contributed by atoms with van der Waals surface area (Å²) in [6.07, 6.45) is 1.67. The molecule has 140 valence electrons. The molecule has 1 N–H and O–H groups in total. The van der Waals surface area contributed by atoms with Crippen LogP contribution in [0.1, 0.15) is 16.9 Å². The monoisotopic (exact) mass is 444 g/mol. The van der Waals surface area contributed by atoms with Crippen LogP contribution in [0.25, 0.3) is 0 Å². The van der Waals surface area contributed by atoms with Gasteiger partial charge in [0.05, 0.1) is 25.6 Å². The van der Waals surface area contributed by atoms with Gasteiger partial charge in [0.15, 0.2) is 5.11 Å². The number of nitrogens with zero attached hydrogens (tertiary/aromatic N) is 1. The Morgan fingerprint density at radius 3 is 2.59 bits per heavy atom. The number of halogens is 1. The fraction of sp³-hybridized carbons (Fsp3) is 0.190. The Labute approximate surface area is 173 Å². The summed E-state index contributed by atoms with van der Waals surface area (Å²) in [5.74, 6) is 1.62. The molecule has 0 spiro atoms. The van der Waals surface area contributed by atoms with Crippen molar-refractivity contribution in [3.8, 4) is 5.75 Å². The molecule has 0 aliphatic carbocycles. The molecular formula is C21H21BrN2O2S. The number of thiocarbonyl (C=S) groups is 1. The van der Waals surface area contributed by atoms with Gasteiger partial charge >= 0.3 is 0 Å². The third-order valence-corrected chi connectivity index (χ3v) is 4.99. The number of methoxy groups -OCH3 is 1. The van der Waals surface area contributed by atoms with Gasteiger partial charge in [0.1, 0.15) is 11.5 Å². The van der Waals surface area contributed by atoms with E-state index in [1.807, 2.05) is 49.4 Å². The second-order valence-electron chi connectivity index (χ2n) is 6.20. The minimum absolute atomic E-state index is 0.572. The summed E-state index contributed by atoms with van der Waals surface area (Å²) >= 11 is 9.18. The highest BCUT2D eigenvalue weighted by atomic mass is 79.9. The Bertz CT molecular complexity index is 895. The fourth-order valence-corrected chi connectivity index (χ4v) is 3.20. The second kappa shape index (κ2) is 9.06. The highest BCUT2D eigenvalue weighted by Gasteiger charge is 2.15. The number of hydrogen-bond acceptors (Lipinski definition) is 3. The van der Waals surface area contributed by atoms with Gasteiger partial charge < -0.3 is 19.4 Å². The Kier molecular flexibility index (Phi) is 6.53. The van der Waals surface area contributed by atoms with Crippen LogP contribution in [0.5, 0.6) is 5.75 Å². The van der Waals surface area contributed by atoms with Crippen molar-refractivity contribution < 1.29 is 9.15 Å². The average molecular weight is 445 g/mol. The molecular weight excluding hydrogens is 424 g/mol. The summed E-state index contributed by atoms with van der Waals surface area (Å²) in [5.41, 5.74) is 3.13. The van der Waals surface area contributed by atoms with E-state index in [9.17, 15) is 0 Å². The highest BCUT2D eigenvalue weighted by Crippen LogP contribution is 2.26. The quantitative estimate of drug-likeness (QED) is 0.489. The SMILES string of the molecule is COc1cc(C)ccc1NC(=S)N(Cc1ccc(Br)cc1)Cc1ccco1. The van der Waals surface area contributed by atoms with Gasteiger partial charge in [0.25, 0.3) is 0 Å². The van der Waals surface area contributed by atoms with E-state index in [2.05, 4.69) is 38.3 Å². The number of ether oxygens (including phenoxy) is 1. The zero-order valence-corrected chi connectivity index (χ0v) is 17.6. The lowest BCUT2D eigenvalue weighted by Crippen LogP contribution is -2.33. The maximum atomic E-state index is 5.70. The number of aryl methyl sites for hydroxylation is 1.